The van der Waals surface area contributed by atoms with Crippen LogP contribution in [0.25, 0.3) is 10.9 Å². The maximum absolute atomic E-state index is 13.3. The normalized spacial score (nSPS) is 16.4. The third kappa shape index (κ3) is 2.09. The number of allylic oxidation sites excluding steroid dienone is 1. The molecule has 0 saturated heterocycles. The number of ether oxygens (including phenoxy) is 1. The zero-order valence-corrected chi connectivity index (χ0v) is 12.5. The van der Waals surface area contributed by atoms with Crippen LogP contribution in [-0.4, -0.2) is 4.98 Å². The number of nitrogens with zero attached hydrogens (tertiary/aromatic N) is 2. The number of hydrogen-bond acceptors (Lipinski definition) is 4. The molecule has 4 rings (SSSR count). The van der Waals surface area contributed by atoms with Gasteiger partial charge >= 0.3 is 0 Å². The minimum Gasteiger partial charge on any atom is -0.438 e. The average Bonchev–Trinajstić information content (AvgIpc) is 2.61. The van der Waals surface area contributed by atoms with Crippen LogP contribution in [0, 0.1) is 17.1 Å². The van der Waals surface area contributed by atoms with Crippen LogP contribution in [0.2, 0.25) is 0 Å². The van der Waals surface area contributed by atoms with Crippen LogP contribution >= 0.6 is 0 Å². The summed E-state index contributed by atoms with van der Waals surface area (Å²) in [6.07, 6.45) is 1.68. The van der Waals surface area contributed by atoms with Gasteiger partial charge in [0.05, 0.1) is 5.92 Å². The second kappa shape index (κ2) is 5.36. The lowest BCUT2D eigenvalue weighted by Gasteiger charge is -2.27. The van der Waals surface area contributed by atoms with Crippen LogP contribution in [0.15, 0.2) is 66.2 Å². The molecule has 2 aromatic carbocycles. The molecule has 1 atom stereocenters. The van der Waals surface area contributed by atoms with Crippen molar-refractivity contribution in [3.05, 3.63) is 83.1 Å². The molecule has 0 bridgehead atoms. The van der Waals surface area contributed by atoms with Crippen molar-refractivity contribution in [2.45, 2.75) is 5.92 Å². The summed E-state index contributed by atoms with van der Waals surface area (Å²) in [5.74, 6) is -0.149. The second-order valence-corrected chi connectivity index (χ2v) is 5.54. The Hall–Kier alpha value is -3.39. The van der Waals surface area contributed by atoms with Crippen LogP contribution in [0.4, 0.5) is 4.39 Å². The number of fused-ring (bicyclic) bond motifs is 3. The number of pyridine rings is 1. The minimum absolute atomic E-state index is 0.0532. The fourth-order valence-corrected chi connectivity index (χ4v) is 3.05. The van der Waals surface area contributed by atoms with E-state index in [0.717, 1.165) is 16.5 Å². The Labute approximate surface area is 137 Å². The van der Waals surface area contributed by atoms with Gasteiger partial charge in [0.2, 0.25) is 5.88 Å². The molecule has 24 heavy (non-hydrogen) atoms. The van der Waals surface area contributed by atoms with E-state index in [4.69, 9.17) is 10.5 Å². The average molecular weight is 317 g/mol. The highest BCUT2D eigenvalue weighted by molar-refractivity contribution is 5.87. The molecule has 2 N–H and O–H groups in total. The van der Waals surface area contributed by atoms with E-state index in [1.54, 1.807) is 18.3 Å². The fraction of sp³-hybridized carbons (Fsp3) is 0.0526. The lowest BCUT2D eigenvalue weighted by molar-refractivity contribution is 0.397. The predicted molar refractivity (Wildman–Crippen MR) is 87.4 cm³/mol. The summed E-state index contributed by atoms with van der Waals surface area (Å²) >= 11 is 0. The van der Waals surface area contributed by atoms with Gasteiger partial charge in [0.25, 0.3) is 0 Å². The summed E-state index contributed by atoms with van der Waals surface area (Å²) in [6, 6.07) is 15.8. The SMILES string of the molecule is N#CC1=C(N)Oc2c(ccc3cccnc23)C1c1ccc(F)cc1. The molecule has 0 radical (unpaired) electrons. The molecular formula is C19H12FN3O. The van der Waals surface area contributed by atoms with Gasteiger partial charge in [0.15, 0.2) is 5.75 Å². The molecule has 3 aromatic rings. The quantitative estimate of drug-likeness (QED) is 0.744. The molecule has 4 nitrogen and oxygen atoms in total. The zero-order chi connectivity index (χ0) is 16.7. The molecular weight excluding hydrogens is 305 g/mol. The third-order valence-corrected chi connectivity index (χ3v) is 4.16. The van der Waals surface area contributed by atoms with Crippen molar-refractivity contribution in [2.75, 3.05) is 0 Å². The Kier molecular flexibility index (Phi) is 3.17. The van der Waals surface area contributed by atoms with Crippen molar-refractivity contribution in [1.29, 1.82) is 5.26 Å². The highest BCUT2D eigenvalue weighted by Crippen LogP contribution is 2.44. The highest BCUT2D eigenvalue weighted by atomic mass is 19.1. The van der Waals surface area contributed by atoms with Gasteiger partial charge in [0, 0.05) is 17.1 Å². The Balaban J connectivity index is 2.00. The highest BCUT2D eigenvalue weighted by Gasteiger charge is 2.31. The van der Waals surface area contributed by atoms with E-state index in [-0.39, 0.29) is 11.7 Å². The number of nitrogens with two attached hydrogens (primary N) is 1. The Morgan fingerprint density at radius 1 is 1.12 bits per heavy atom. The van der Waals surface area contributed by atoms with E-state index in [1.165, 1.54) is 12.1 Å². The molecule has 2 heterocycles. The molecule has 0 amide bonds. The number of benzene rings is 2. The van der Waals surface area contributed by atoms with Gasteiger partial charge in [-0.1, -0.05) is 30.3 Å². The van der Waals surface area contributed by atoms with Gasteiger partial charge in [-0.3, -0.25) is 4.98 Å². The van der Waals surface area contributed by atoms with Crippen molar-refractivity contribution in [1.82, 2.24) is 4.98 Å². The lowest BCUT2D eigenvalue weighted by atomic mass is 9.83. The van der Waals surface area contributed by atoms with E-state index in [0.29, 0.717) is 16.8 Å². The zero-order valence-electron chi connectivity index (χ0n) is 12.5. The standard InChI is InChI=1S/C19H12FN3O/c20-13-6-3-11(4-7-13)16-14-8-5-12-2-1-9-23-17(12)18(14)24-19(22)15(16)10-21/h1-9,16H,22H2. The summed E-state index contributed by atoms with van der Waals surface area (Å²) in [4.78, 5) is 4.38. The predicted octanol–water partition coefficient (Wildman–Crippen LogP) is 3.59. The van der Waals surface area contributed by atoms with Crippen molar-refractivity contribution >= 4 is 10.9 Å². The summed E-state index contributed by atoms with van der Waals surface area (Å²) in [5, 5.41) is 10.4. The molecule has 1 aliphatic heterocycles. The van der Waals surface area contributed by atoms with Gasteiger partial charge < -0.3 is 10.5 Å². The lowest BCUT2D eigenvalue weighted by Crippen LogP contribution is -2.21. The van der Waals surface area contributed by atoms with E-state index in [2.05, 4.69) is 11.1 Å². The first-order chi connectivity index (χ1) is 11.7. The molecule has 0 aliphatic carbocycles. The van der Waals surface area contributed by atoms with E-state index in [9.17, 15) is 9.65 Å². The smallest absolute Gasteiger partial charge is 0.205 e. The Bertz CT molecular complexity index is 1020. The fourth-order valence-electron chi connectivity index (χ4n) is 3.05. The van der Waals surface area contributed by atoms with E-state index >= 15 is 0 Å². The first-order valence-corrected chi connectivity index (χ1v) is 7.39. The largest absolute Gasteiger partial charge is 0.438 e. The van der Waals surface area contributed by atoms with Crippen molar-refractivity contribution in [2.24, 2.45) is 5.73 Å². The van der Waals surface area contributed by atoms with Crippen LogP contribution < -0.4 is 10.5 Å². The van der Waals surface area contributed by atoms with Gasteiger partial charge in [0.1, 0.15) is 23.0 Å². The number of halogens is 1. The van der Waals surface area contributed by atoms with Gasteiger partial charge in [-0.15, -0.1) is 0 Å². The topological polar surface area (TPSA) is 71.9 Å². The maximum Gasteiger partial charge on any atom is 0.205 e. The first-order valence-electron chi connectivity index (χ1n) is 7.39. The molecule has 1 aliphatic rings. The molecule has 5 heteroatoms. The number of nitriles is 1. The van der Waals surface area contributed by atoms with Crippen LogP contribution in [-0.2, 0) is 0 Å². The number of aromatic nitrogens is 1. The summed E-state index contributed by atoms with van der Waals surface area (Å²) in [5.41, 5.74) is 8.54. The molecule has 0 saturated carbocycles. The first kappa shape index (κ1) is 14.2. The maximum atomic E-state index is 13.3. The Morgan fingerprint density at radius 3 is 2.67 bits per heavy atom. The number of hydrogen-bond donors (Lipinski definition) is 1. The van der Waals surface area contributed by atoms with Gasteiger partial charge in [-0.2, -0.15) is 5.26 Å². The van der Waals surface area contributed by atoms with E-state index in [1.807, 2.05) is 24.3 Å². The van der Waals surface area contributed by atoms with Gasteiger partial charge in [-0.05, 0) is 23.8 Å². The minimum atomic E-state index is -0.411. The van der Waals surface area contributed by atoms with Crippen molar-refractivity contribution in [3.63, 3.8) is 0 Å². The summed E-state index contributed by atoms with van der Waals surface area (Å²) < 4.78 is 19.0. The second-order valence-electron chi connectivity index (χ2n) is 5.54. The monoisotopic (exact) mass is 317 g/mol. The van der Waals surface area contributed by atoms with Crippen LogP contribution in [0.3, 0.4) is 0 Å². The van der Waals surface area contributed by atoms with Crippen LogP contribution in [0.5, 0.6) is 5.75 Å². The summed E-state index contributed by atoms with van der Waals surface area (Å²) in [6.45, 7) is 0. The molecule has 1 aromatic heterocycles. The van der Waals surface area contributed by atoms with Crippen LogP contribution in [0.1, 0.15) is 17.0 Å². The van der Waals surface area contributed by atoms with Crippen molar-refractivity contribution in [3.8, 4) is 11.8 Å². The summed E-state index contributed by atoms with van der Waals surface area (Å²) in [7, 11) is 0. The molecule has 0 spiro atoms. The molecule has 0 fully saturated rings. The number of rotatable bonds is 1. The molecule has 116 valence electrons. The third-order valence-electron chi connectivity index (χ3n) is 4.16. The van der Waals surface area contributed by atoms with Gasteiger partial charge in [-0.25, -0.2) is 4.39 Å². The van der Waals surface area contributed by atoms with Crippen molar-refractivity contribution < 1.29 is 9.13 Å². The molecule has 1 unspecified atom stereocenters. The van der Waals surface area contributed by atoms with E-state index < -0.39 is 5.92 Å². The Morgan fingerprint density at radius 2 is 1.92 bits per heavy atom.